The molecule has 2 aromatic rings. The first kappa shape index (κ1) is 18.5. The Morgan fingerprint density at radius 3 is 2.28 bits per heavy atom. The number of ether oxygens (including phenoxy) is 1. The number of anilines is 2. The zero-order chi connectivity index (χ0) is 18.2. The minimum Gasteiger partial charge on any atom is -0.462 e. The molecule has 0 atom stereocenters. The molecule has 0 saturated heterocycles. The molecule has 5 nitrogen and oxygen atoms in total. The van der Waals surface area contributed by atoms with Crippen molar-refractivity contribution in [3.8, 4) is 0 Å². The Hall–Kier alpha value is -2.82. The number of hydrogen-bond acceptors (Lipinski definition) is 4. The Bertz CT molecular complexity index is 739. The van der Waals surface area contributed by atoms with Gasteiger partial charge in [-0.05, 0) is 67.8 Å². The first-order chi connectivity index (χ1) is 12.0. The van der Waals surface area contributed by atoms with Crippen LogP contribution >= 0.6 is 0 Å². The van der Waals surface area contributed by atoms with Crippen LogP contribution in [0.3, 0.4) is 0 Å². The minimum absolute atomic E-state index is 0.153. The van der Waals surface area contributed by atoms with Gasteiger partial charge in [0.05, 0.1) is 18.7 Å². The van der Waals surface area contributed by atoms with E-state index in [9.17, 15) is 9.59 Å². The Morgan fingerprint density at radius 1 is 0.960 bits per heavy atom. The van der Waals surface area contributed by atoms with E-state index in [0.717, 1.165) is 12.1 Å². The molecular formula is C20H24N2O3. The lowest BCUT2D eigenvalue weighted by Gasteiger charge is -2.10. The van der Waals surface area contributed by atoms with Crippen LogP contribution < -0.4 is 10.6 Å². The first-order valence-electron chi connectivity index (χ1n) is 8.37. The van der Waals surface area contributed by atoms with Gasteiger partial charge < -0.3 is 15.4 Å². The highest BCUT2D eigenvalue weighted by Gasteiger charge is 2.07. The summed E-state index contributed by atoms with van der Waals surface area (Å²) in [6.45, 7) is 6.60. The third kappa shape index (κ3) is 5.64. The smallest absolute Gasteiger partial charge is 0.338 e. The summed E-state index contributed by atoms with van der Waals surface area (Å²) in [4.78, 5) is 23.8. The SMILES string of the molecule is CCCOC(=O)c1ccc(NC(=O)CNc2ccc(C)c(C)c2)cc1. The number of amides is 1. The van der Waals surface area contributed by atoms with Crippen molar-refractivity contribution >= 4 is 23.3 Å². The summed E-state index contributed by atoms with van der Waals surface area (Å²) in [7, 11) is 0. The van der Waals surface area contributed by atoms with Crippen LogP contribution in [0.4, 0.5) is 11.4 Å². The molecule has 0 aromatic heterocycles. The van der Waals surface area contributed by atoms with E-state index in [1.54, 1.807) is 24.3 Å². The van der Waals surface area contributed by atoms with Crippen molar-refractivity contribution in [1.29, 1.82) is 0 Å². The topological polar surface area (TPSA) is 67.4 Å². The van der Waals surface area contributed by atoms with Gasteiger partial charge in [-0.3, -0.25) is 4.79 Å². The number of carbonyl (C=O) groups is 2. The number of hydrogen-bond donors (Lipinski definition) is 2. The predicted molar refractivity (Wildman–Crippen MR) is 100 cm³/mol. The molecule has 0 fully saturated rings. The average Bonchev–Trinajstić information content (AvgIpc) is 2.61. The molecule has 132 valence electrons. The first-order valence-corrected chi connectivity index (χ1v) is 8.37. The Morgan fingerprint density at radius 2 is 1.64 bits per heavy atom. The van der Waals surface area contributed by atoms with E-state index in [2.05, 4.69) is 10.6 Å². The van der Waals surface area contributed by atoms with Crippen LogP contribution in [0.1, 0.15) is 34.8 Å². The summed E-state index contributed by atoms with van der Waals surface area (Å²) in [5.41, 5.74) is 4.41. The molecule has 25 heavy (non-hydrogen) atoms. The van der Waals surface area contributed by atoms with E-state index in [1.807, 2.05) is 39.0 Å². The molecule has 5 heteroatoms. The van der Waals surface area contributed by atoms with Crippen molar-refractivity contribution in [2.75, 3.05) is 23.8 Å². The zero-order valence-corrected chi connectivity index (χ0v) is 14.9. The molecule has 0 aliphatic heterocycles. The Kier molecular flexibility index (Phi) is 6.57. The van der Waals surface area contributed by atoms with E-state index in [0.29, 0.717) is 17.9 Å². The van der Waals surface area contributed by atoms with E-state index in [1.165, 1.54) is 11.1 Å². The third-order valence-electron chi connectivity index (χ3n) is 3.80. The molecule has 0 spiro atoms. The molecule has 0 heterocycles. The molecule has 0 aliphatic rings. The van der Waals surface area contributed by atoms with Crippen LogP contribution in [0.2, 0.25) is 0 Å². The van der Waals surface area contributed by atoms with E-state index >= 15 is 0 Å². The van der Waals surface area contributed by atoms with Crippen LogP contribution in [-0.4, -0.2) is 25.0 Å². The Balaban J connectivity index is 1.85. The van der Waals surface area contributed by atoms with Gasteiger partial charge in [0, 0.05) is 11.4 Å². The molecule has 2 rings (SSSR count). The van der Waals surface area contributed by atoms with E-state index in [4.69, 9.17) is 4.74 Å². The largest absolute Gasteiger partial charge is 0.462 e. The standard InChI is InChI=1S/C20H24N2O3/c1-4-11-25-20(24)16-6-9-17(10-7-16)22-19(23)13-21-18-8-5-14(2)15(3)12-18/h5-10,12,21H,4,11,13H2,1-3H3,(H,22,23). The third-order valence-corrected chi connectivity index (χ3v) is 3.80. The molecule has 0 radical (unpaired) electrons. The molecular weight excluding hydrogens is 316 g/mol. The van der Waals surface area contributed by atoms with Crippen molar-refractivity contribution < 1.29 is 14.3 Å². The monoisotopic (exact) mass is 340 g/mol. The second-order valence-corrected chi connectivity index (χ2v) is 5.91. The number of benzene rings is 2. The van der Waals surface area contributed by atoms with Gasteiger partial charge >= 0.3 is 5.97 Å². The maximum atomic E-state index is 12.0. The highest BCUT2D eigenvalue weighted by molar-refractivity contribution is 5.95. The van der Waals surface area contributed by atoms with Crippen LogP contribution in [0, 0.1) is 13.8 Å². The quantitative estimate of drug-likeness (QED) is 0.750. The van der Waals surface area contributed by atoms with Gasteiger partial charge in [-0.1, -0.05) is 13.0 Å². The summed E-state index contributed by atoms with van der Waals surface area (Å²) in [6, 6.07) is 12.7. The van der Waals surface area contributed by atoms with E-state index < -0.39 is 0 Å². The summed E-state index contributed by atoms with van der Waals surface area (Å²) < 4.78 is 5.07. The lowest BCUT2D eigenvalue weighted by Crippen LogP contribution is -2.21. The van der Waals surface area contributed by atoms with Gasteiger partial charge in [0.15, 0.2) is 0 Å². The van der Waals surface area contributed by atoms with Crippen molar-refractivity contribution in [3.63, 3.8) is 0 Å². The maximum absolute atomic E-state index is 12.0. The van der Waals surface area contributed by atoms with Gasteiger partial charge in [-0.15, -0.1) is 0 Å². The molecule has 2 aromatic carbocycles. The highest BCUT2D eigenvalue weighted by Crippen LogP contribution is 2.14. The van der Waals surface area contributed by atoms with Gasteiger partial charge in [-0.2, -0.15) is 0 Å². The number of rotatable bonds is 7. The summed E-state index contributed by atoms with van der Waals surface area (Å²) >= 11 is 0. The lowest BCUT2D eigenvalue weighted by molar-refractivity contribution is -0.114. The highest BCUT2D eigenvalue weighted by atomic mass is 16.5. The second kappa shape index (κ2) is 8.87. The number of esters is 1. The summed E-state index contributed by atoms with van der Waals surface area (Å²) in [5.74, 6) is -0.504. The van der Waals surface area contributed by atoms with Crippen molar-refractivity contribution in [2.24, 2.45) is 0 Å². The fourth-order valence-corrected chi connectivity index (χ4v) is 2.21. The Labute approximate surface area is 148 Å². The minimum atomic E-state index is -0.351. The number of aryl methyl sites for hydroxylation is 2. The fraction of sp³-hybridized carbons (Fsp3) is 0.300. The van der Waals surface area contributed by atoms with E-state index in [-0.39, 0.29) is 18.4 Å². The molecule has 0 saturated carbocycles. The van der Waals surface area contributed by atoms with Gasteiger partial charge in [0.25, 0.3) is 0 Å². The molecule has 0 aliphatic carbocycles. The molecule has 2 N–H and O–H groups in total. The second-order valence-electron chi connectivity index (χ2n) is 5.91. The summed E-state index contributed by atoms with van der Waals surface area (Å²) in [5, 5.41) is 5.89. The average molecular weight is 340 g/mol. The molecule has 0 bridgehead atoms. The van der Waals surface area contributed by atoms with Gasteiger partial charge in [-0.25, -0.2) is 4.79 Å². The molecule has 0 unspecified atom stereocenters. The normalized spacial score (nSPS) is 10.2. The zero-order valence-electron chi connectivity index (χ0n) is 14.9. The van der Waals surface area contributed by atoms with Gasteiger partial charge in [0.1, 0.15) is 0 Å². The predicted octanol–water partition coefficient (Wildman–Crippen LogP) is 3.92. The van der Waals surface area contributed by atoms with Gasteiger partial charge in [0.2, 0.25) is 5.91 Å². The number of carbonyl (C=O) groups excluding carboxylic acids is 2. The maximum Gasteiger partial charge on any atom is 0.338 e. The van der Waals surface area contributed by atoms with Crippen LogP contribution in [0.15, 0.2) is 42.5 Å². The van der Waals surface area contributed by atoms with Crippen molar-refractivity contribution in [1.82, 2.24) is 0 Å². The van der Waals surface area contributed by atoms with Crippen LogP contribution in [0.25, 0.3) is 0 Å². The lowest BCUT2D eigenvalue weighted by atomic mass is 10.1. The molecule has 1 amide bonds. The fourth-order valence-electron chi connectivity index (χ4n) is 2.21. The van der Waals surface area contributed by atoms with Crippen LogP contribution in [0.5, 0.6) is 0 Å². The number of nitrogens with one attached hydrogen (secondary N) is 2. The summed E-state index contributed by atoms with van der Waals surface area (Å²) in [6.07, 6.45) is 0.785. The van der Waals surface area contributed by atoms with Crippen molar-refractivity contribution in [2.45, 2.75) is 27.2 Å². The van der Waals surface area contributed by atoms with Crippen molar-refractivity contribution in [3.05, 3.63) is 59.2 Å². The van der Waals surface area contributed by atoms with Crippen LogP contribution in [-0.2, 0) is 9.53 Å².